The SMILES string of the molecule is Cc1c(C(=O)N2CCC(CO)CC2)oc2c(F)cccc12. The second kappa shape index (κ2) is 5.48. The lowest BCUT2D eigenvalue weighted by Gasteiger charge is -2.30. The molecule has 5 heteroatoms. The first kappa shape index (κ1) is 14.1. The van der Waals surface area contributed by atoms with Crippen LogP contribution in [0.15, 0.2) is 22.6 Å². The summed E-state index contributed by atoms with van der Waals surface area (Å²) in [7, 11) is 0. The molecule has 0 saturated carbocycles. The highest BCUT2D eigenvalue weighted by molar-refractivity contribution is 5.99. The molecule has 1 aliphatic heterocycles. The Balaban J connectivity index is 1.89. The lowest BCUT2D eigenvalue weighted by atomic mass is 9.97. The van der Waals surface area contributed by atoms with Crippen molar-refractivity contribution < 1.29 is 18.7 Å². The van der Waals surface area contributed by atoms with E-state index in [2.05, 4.69) is 0 Å². The number of fused-ring (bicyclic) bond motifs is 1. The van der Waals surface area contributed by atoms with E-state index in [0.29, 0.717) is 24.0 Å². The fourth-order valence-electron chi connectivity index (χ4n) is 2.88. The molecule has 1 aromatic heterocycles. The molecular weight excluding hydrogens is 273 g/mol. The molecule has 4 nitrogen and oxygen atoms in total. The van der Waals surface area contributed by atoms with Gasteiger partial charge in [0.05, 0.1) is 0 Å². The highest BCUT2D eigenvalue weighted by Crippen LogP contribution is 2.29. The average Bonchev–Trinajstić information content (AvgIpc) is 2.85. The standard InChI is InChI=1S/C16H18FNO3/c1-10-12-3-2-4-13(17)15(12)21-14(10)16(20)18-7-5-11(9-19)6-8-18/h2-4,11,19H,5-9H2,1H3. The van der Waals surface area contributed by atoms with Crippen molar-refractivity contribution in [2.75, 3.05) is 19.7 Å². The first-order valence-electron chi connectivity index (χ1n) is 7.19. The van der Waals surface area contributed by atoms with Crippen LogP contribution in [0, 0.1) is 18.7 Å². The van der Waals surface area contributed by atoms with Gasteiger partial charge in [-0.25, -0.2) is 4.39 Å². The Morgan fingerprint density at radius 2 is 2.14 bits per heavy atom. The smallest absolute Gasteiger partial charge is 0.289 e. The Hall–Kier alpha value is -1.88. The van der Waals surface area contributed by atoms with Crippen LogP contribution in [0.3, 0.4) is 0 Å². The number of likely N-dealkylation sites (tertiary alicyclic amines) is 1. The van der Waals surface area contributed by atoms with E-state index in [0.717, 1.165) is 12.8 Å². The predicted molar refractivity (Wildman–Crippen MR) is 76.6 cm³/mol. The number of piperidine rings is 1. The van der Waals surface area contributed by atoms with Gasteiger partial charge in [-0.1, -0.05) is 12.1 Å². The molecule has 0 unspecified atom stereocenters. The van der Waals surface area contributed by atoms with Crippen LogP contribution in [0.2, 0.25) is 0 Å². The van der Waals surface area contributed by atoms with Crippen molar-refractivity contribution in [2.24, 2.45) is 5.92 Å². The minimum absolute atomic E-state index is 0.142. The molecule has 0 bridgehead atoms. The topological polar surface area (TPSA) is 53.7 Å². The number of hydrogen-bond acceptors (Lipinski definition) is 3. The van der Waals surface area contributed by atoms with Crippen LogP contribution in [-0.4, -0.2) is 35.6 Å². The number of halogens is 1. The maximum atomic E-state index is 13.7. The van der Waals surface area contributed by atoms with E-state index in [-0.39, 0.29) is 29.8 Å². The van der Waals surface area contributed by atoms with Gasteiger partial charge in [0.25, 0.3) is 5.91 Å². The highest BCUT2D eigenvalue weighted by atomic mass is 19.1. The summed E-state index contributed by atoms with van der Waals surface area (Å²) >= 11 is 0. The van der Waals surface area contributed by atoms with Crippen LogP contribution < -0.4 is 0 Å². The number of benzene rings is 1. The summed E-state index contributed by atoms with van der Waals surface area (Å²) < 4.78 is 19.2. The van der Waals surface area contributed by atoms with Gasteiger partial charge in [-0.05, 0) is 31.7 Å². The van der Waals surface area contributed by atoms with E-state index in [1.165, 1.54) is 6.07 Å². The van der Waals surface area contributed by atoms with Gasteiger partial charge in [0.1, 0.15) is 0 Å². The first-order valence-corrected chi connectivity index (χ1v) is 7.19. The molecule has 0 radical (unpaired) electrons. The minimum atomic E-state index is -0.450. The van der Waals surface area contributed by atoms with E-state index in [1.54, 1.807) is 24.0 Å². The number of aryl methyl sites for hydroxylation is 1. The van der Waals surface area contributed by atoms with Crippen LogP contribution in [0.5, 0.6) is 0 Å². The third-order valence-corrected chi connectivity index (χ3v) is 4.27. The number of para-hydroxylation sites is 1. The van der Waals surface area contributed by atoms with Gasteiger partial charge in [0.15, 0.2) is 17.2 Å². The van der Waals surface area contributed by atoms with E-state index >= 15 is 0 Å². The lowest BCUT2D eigenvalue weighted by Crippen LogP contribution is -2.39. The molecule has 1 aromatic carbocycles. The first-order chi connectivity index (χ1) is 10.1. The summed E-state index contributed by atoms with van der Waals surface area (Å²) in [6.45, 7) is 3.14. The van der Waals surface area contributed by atoms with Crippen molar-refractivity contribution in [1.29, 1.82) is 0 Å². The van der Waals surface area contributed by atoms with Gasteiger partial charge >= 0.3 is 0 Å². The van der Waals surface area contributed by atoms with E-state index in [4.69, 9.17) is 9.52 Å². The number of aliphatic hydroxyl groups excluding tert-OH is 1. The zero-order chi connectivity index (χ0) is 15.0. The van der Waals surface area contributed by atoms with Crippen molar-refractivity contribution >= 4 is 16.9 Å². The molecule has 0 spiro atoms. The number of nitrogens with zero attached hydrogens (tertiary/aromatic N) is 1. The molecule has 112 valence electrons. The monoisotopic (exact) mass is 291 g/mol. The molecule has 1 aliphatic rings. The molecule has 0 atom stereocenters. The summed E-state index contributed by atoms with van der Waals surface area (Å²) in [4.78, 5) is 14.3. The summed E-state index contributed by atoms with van der Waals surface area (Å²) in [6.07, 6.45) is 1.58. The van der Waals surface area contributed by atoms with Gasteiger partial charge in [0.2, 0.25) is 0 Å². The van der Waals surface area contributed by atoms with Gasteiger partial charge in [-0.15, -0.1) is 0 Å². The average molecular weight is 291 g/mol. The van der Waals surface area contributed by atoms with Gasteiger partial charge in [0, 0.05) is 30.6 Å². The fraction of sp³-hybridized carbons (Fsp3) is 0.438. The Morgan fingerprint density at radius 1 is 1.43 bits per heavy atom. The molecule has 2 aromatic rings. The second-order valence-electron chi connectivity index (χ2n) is 5.59. The molecule has 21 heavy (non-hydrogen) atoms. The largest absolute Gasteiger partial charge is 0.448 e. The van der Waals surface area contributed by atoms with E-state index in [9.17, 15) is 9.18 Å². The number of carbonyl (C=O) groups is 1. The molecule has 1 saturated heterocycles. The Morgan fingerprint density at radius 3 is 2.76 bits per heavy atom. The highest BCUT2D eigenvalue weighted by Gasteiger charge is 2.27. The number of rotatable bonds is 2. The number of furan rings is 1. The molecule has 1 amide bonds. The quantitative estimate of drug-likeness (QED) is 0.925. The zero-order valence-electron chi connectivity index (χ0n) is 11.9. The second-order valence-corrected chi connectivity index (χ2v) is 5.59. The van der Waals surface area contributed by atoms with Gasteiger partial charge in [-0.2, -0.15) is 0 Å². The van der Waals surface area contributed by atoms with Crippen LogP contribution in [0.25, 0.3) is 11.0 Å². The third-order valence-electron chi connectivity index (χ3n) is 4.27. The third kappa shape index (κ3) is 2.42. The lowest BCUT2D eigenvalue weighted by molar-refractivity contribution is 0.0621. The van der Waals surface area contributed by atoms with Gasteiger partial charge < -0.3 is 14.4 Å². The molecular formula is C16H18FNO3. The summed E-state index contributed by atoms with van der Waals surface area (Å²) in [5.41, 5.74) is 0.822. The number of carbonyl (C=O) groups excluding carboxylic acids is 1. The van der Waals surface area contributed by atoms with Gasteiger partial charge in [-0.3, -0.25) is 4.79 Å². The number of aliphatic hydroxyl groups is 1. The summed E-state index contributed by atoms with van der Waals surface area (Å²) in [6, 6.07) is 4.69. The molecule has 2 heterocycles. The van der Waals surface area contributed by atoms with Crippen molar-refractivity contribution in [2.45, 2.75) is 19.8 Å². The van der Waals surface area contributed by atoms with E-state index in [1.807, 2.05) is 0 Å². The van der Waals surface area contributed by atoms with Crippen LogP contribution in [-0.2, 0) is 0 Å². The van der Waals surface area contributed by atoms with E-state index < -0.39 is 5.82 Å². The Labute approximate surface area is 122 Å². The summed E-state index contributed by atoms with van der Waals surface area (Å²) in [5.74, 6) is -0.158. The molecule has 1 N–H and O–H groups in total. The Bertz CT molecular complexity index is 671. The maximum absolute atomic E-state index is 13.7. The number of amides is 1. The molecule has 3 rings (SSSR count). The summed E-state index contributed by atoms with van der Waals surface area (Å²) in [5, 5.41) is 9.78. The van der Waals surface area contributed by atoms with Crippen molar-refractivity contribution in [3.8, 4) is 0 Å². The predicted octanol–water partition coefficient (Wildman–Crippen LogP) is 2.72. The fourth-order valence-corrected chi connectivity index (χ4v) is 2.88. The van der Waals surface area contributed by atoms with Crippen molar-refractivity contribution in [3.05, 3.63) is 35.3 Å². The van der Waals surface area contributed by atoms with Crippen LogP contribution >= 0.6 is 0 Å². The molecule has 1 fully saturated rings. The maximum Gasteiger partial charge on any atom is 0.289 e. The van der Waals surface area contributed by atoms with Crippen LogP contribution in [0.1, 0.15) is 29.0 Å². The number of hydrogen-bond donors (Lipinski definition) is 1. The van der Waals surface area contributed by atoms with Crippen molar-refractivity contribution in [1.82, 2.24) is 4.90 Å². The van der Waals surface area contributed by atoms with Crippen LogP contribution in [0.4, 0.5) is 4.39 Å². The normalized spacial score (nSPS) is 16.6. The molecule has 0 aliphatic carbocycles. The zero-order valence-corrected chi connectivity index (χ0v) is 11.9. The van der Waals surface area contributed by atoms with Crippen molar-refractivity contribution in [3.63, 3.8) is 0 Å². The Kier molecular flexibility index (Phi) is 3.68. The minimum Gasteiger partial charge on any atom is -0.448 e.